The minimum absolute atomic E-state index is 0.363. The standard InChI is InChI=1S/C12H14N2O3S/c1-8-3-2-4-9(5-8)13-12(17)14-7-18-6-10(14)11(15)16/h2-5,10H,6-7H2,1H3,(H,13,17)(H,15,16)/t10-/m0/s1. The SMILES string of the molecule is Cc1cccc(NC(=O)N2CSC[C@H]2C(=O)O)c1. The fourth-order valence-corrected chi connectivity index (χ4v) is 2.91. The quantitative estimate of drug-likeness (QED) is 0.859. The first-order chi connectivity index (χ1) is 8.58. The van der Waals surface area contributed by atoms with E-state index in [9.17, 15) is 9.59 Å². The van der Waals surface area contributed by atoms with E-state index < -0.39 is 12.0 Å². The Morgan fingerprint density at radius 3 is 2.94 bits per heavy atom. The number of nitrogens with one attached hydrogen (secondary N) is 1. The summed E-state index contributed by atoms with van der Waals surface area (Å²) in [7, 11) is 0. The molecule has 0 aromatic heterocycles. The summed E-state index contributed by atoms with van der Waals surface area (Å²) in [5.74, 6) is -0.107. The van der Waals surface area contributed by atoms with Gasteiger partial charge in [0, 0.05) is 11.4 Å². The molecule has 5 nitrogen and oxygen atoms in total. The van der Waals surface area contributed by atoms with Crippen molar-refractivity contribution in [3.05, 3.63) is 29.8 Å². The molecule has 1 aliphatic rings. The summed E-state index contributed by atoms with van der Waals surface area (Å²) in [5.41, 5.74) is 1.72. The molecule has 1 aromatic rings. The average Bonchev–Trinajstić information content (AvgIpc) is 2.77. The molecule has 1 aromatic carbocycles. The van der Waals surface area contributed by atoms with Crippen LogP contribution in [0.4, 0.5) is 10.5 Å². The molecule has 0 radical (unpaired) electrons. The highest BCUT2D eigenvalue weighted by Crippen LogP contribution is 2.22. The van der Waals surface area contributed by atoms with Crippen LogP contribution in [0.1, 0.15) is 5.56 Å². The van der Waals surface area contributed by atoms with Crippen molar-refractivity contribution in [3.63, 3.8) is 0 Å². The number of anilines is 1. The summed E-state index contributed by atoms with van der Waals surface area (Å²) in [4.78, 5) is 24.3. The molecule has 6 heteroatoms. The summed E-state index contributed by atoms with van der Waals surface area (Å²) < 4.78 is 0. The molecule has 1 fully saturated rings. The Bertz CT molecular complexity index is 478. The van der Waals surface area contributed by atoms with Crippen molar-refractivity contribution in [2.75, 3.05) is 16.9 Å². The summed E-state index contributed by atoms with van der Waals surface area (Å²) >= 11 is 1.44. The number of amides is 2. The topological polar surface area (TPSA) is 69.6 Å². The maximum atomic E-state index is 12.0. The third-order valence-electron chi connectivity index (χ3n) is 2.70. The molecule has 0 unspecified atom stereocenters. The Morgan fingerprint density at radius 1 is 1.50 bits per heavy atom. The molecule has 1 atom stereocenters. The van der Waals surface area contributed by atoms with Crippen molar-refractivity contribution in [1.29, 1.82) is 0 Å². The third kappa shape index (κ3) is 2.76. The van der Waals surface area contributed by atoms with Crippen LogP contribution in [-0.4, -0.2) is 39.7 Å². The number of benzene rings is 1. The van der Waals surface area contributed by atoms with Crippen LogP contribution in [0, 0.1) is 6.92 Å². The van der Waals surface area contributed by atoms with Crippen LogP contribution in [0.3, 0.4) is 0 Å². The number of hydrogen-bond acceptors (Lipinski definition) is 3. The van der Waals surface area contributed by atoms with Gasteiger partial charge in [0.25, 0.3) is 0 Å². The van der Waals surface area contributed by atoms with Crippen molar-refractivity contribution in [1.82, 2.24) is 4.90 Å². The normalized spacial score (nSPS) is 18.7. The van der Waals surface area contributed by atoms with Gasteiger partial charge in [-0.3, -0.25) is 0 Å². The number of carbonyl (C=O) groups excluding carboxylic acids is 1. The Labute approximate surface area is 109 Å². The predicted octanol–water partition coefficient (Wildman–Crippen LogP) is 1.99. The van der Waals surface area contributed by atoms with Gasteiger partial charge in [-0.25, -0.2) is 9.59 Å². The number of thioether (sulfide) groups is 1. The first-order valence-electron chi connectivity index (χ1n) is 5.53. The van der Waals surface area contributed by atoms with Crippen LogP contribution in [-0.2, 0) is 4.79 Å². The summed E-state index contributed by atoms with van der Waals surface area (Å²) in [6.45, 7) is 1.93. The number of aryl methyl sites for hydroxylation is 1. The van der Waals surface area contributed by atoms with Crippen LogP contribution in [0.2, 0.25) is 0 Å². The summed E-state index contributed by atoms with van der Waals surface area (Å²) in [6, 6.07) is 6.30. The fraction of sp³-hybridized carbons (Fsp3) is 0.333. The van der Waals surface area contributed by atoms with E-state index >= 15 is 0 Å². The molecule has 96 valence electrons. The van der Waals surface area contributed by atoms with E-state index in [4.69, 9.17) is 5.11 Å². The van der Waals surface area contributed by atoms with Crippen molar-refractivity contribution in [2.24, 2.45) is 0 Å². The molecular formula is C12H14N2O3S. The van der Waals surface area contributed by atoms with Gasteiger partial charge < -0.3 is 15.3 Å². The maximum absolute atomic E-state index is 12.0. The zero-order chi connectivity index (χ0) is 13.1. The predicted molar refractivity (Wildman–Crippen MR) is 70.8 cm³/mol. The van der Waals surface area contributed by atoms with Gasteiger partial charge >= 0.3 is 12.0 Å². The van der Waals surface area contributed by atoms with E-state index in [1.807, 2.05) is 25.1 Å². The Balaban J connectivity index is 2.06. The lowest BCUT2D eigenvalue weighted by Crippen LogP contribution is -2.43. The smallest absolute Gasteiger partial charge is 0.327 e. The van der Waals surface area contributed by atoms with Gasteiger partial charge in [-0.15, -0.1) is 11.8 Å². The summed E-state index contributed by atoms with van der Waals surface area (Å²) in [6.07, 6.45) is 0. The number of carboxylic acids is 1. The second-order valence-corrected chi connectivity index (χ2v) is 5.12. The van der Waals surface area contributed by atoms with Gasteiger partial charge in [0.1, 0.15) is 6.04 Å². The molecule has 0 bridgehead atoms. The molecule has 0 saturated carbocycles. The number of hydrogen-bond donors (Lipinski definition) is 2. The minimum atomic E-state index is -0.959. The van der Waals surface area contributed by atoms with Gasteiger partial charge in [0.05, 0.1) is 5.88 Å². The van der Waals surface area contributed by atoms with Crippen molar-refractivity contribution >= 4 is 29.4 Å². The van der Waals surface area contributed by atoms with Crippen molar-refractivity contribution in [2.45, 2.75) is 13.0 Å². The van der Waals surface area contributed by atoms with Crippen molar-refractivity contribution < 1.29 is 14.7 Å². The van der Waals surface area contributed by atoms with E-state index in [-0.39, 0.29) is 6.03 Å². The third-order valence-corrected chi connectivity index (χ3v) is 3.71. The Morgan fingerprint density at radius 2 is 2.28 bits per heavy atom. The van der Waals surface area contributed by atoms with Crippen LogP contribution in [0.5, 0.6) is 0 Å². The summed E-state index contributed by atoms with van der Waals surface area (Å²) in [5, 5.41) is 11.7. The number of carboxylic acid groups (broad SMARTS) is 1. The van der Waals surface area contributed by atoms with Crippen molar-refractivity contribution in [3.8, 4) is 0 Å². The lowest BCUT2D eigenvalue weighted by molar-refractivity contribution is -0.140. The number of aliphatic carboxylic acids is 1. The molecule has 1 saturated heterocycles. The van der Waals surface area contributed by atoms with Crippen LogP contribution in [0.15, 0.2) is 24.3 Å². The van der Waals surface area contributed by atoms with E-state index in [1.54, 1.807) is 6.07 Å². The molecule has 2 amide bonds. The molecular weight excluding hydrogens is 252 g/mol. The Kier molecular flexibility index (Phi) is 3.76. The van der Waals surface area contributed by atoms with Gasteiger partial charge in [0.2, 0.25) is 0 Å². The molecule has 1 aliphatic heterocycles. The fourth-order valence-electron chi connectivity index (χ4n) is 1.77. The monoisotopic (exact) mass is 266 g/mol. The zero-order valence-electron chi connectivity index (χ0n) is 9.92. The average molecular weight is 266 g/mol. The van der Waals surface area contributed by atoms with E-state index in [0.29, 0.717) is 17.3 Å². The zero-order valence-corrected chi connectivity index (χ0v) is 10.7. The lowest BCUT2D eigenvalue weighted by Gasteiger charge is -2.20. The van der Waals surface area contributed by atoms with Crippen LogP contribution < -0.4 is 5.32 Å². The molecule has 18 heavy (non-hydrogen) atoms. The second-order valence-electron chi connectivity index (χ2n) is 4.12. The first-order valence-corrected chi connectivity index (χ1v) is 6.68. The second kappa shape index (κ2) is 5.30. The lowest BCUT2D eigenvalue weighted by atomic mass is 10.2. The largest absolute Gasteiger partial charge is 0.480 e. The van der Waals surface area contributed by atoms with Crippen LogP contribution >= 0.6 is 11.8 Å². The highest BCUT2D eigenvalue weighted by atomic mass is 32.2. The van der Waals surface area contributed by atoms with E-state index in [2.05, 4.69) is 5.32 Å². The Hall–Kier alpha value is -1.69. The van der Waals surface area contributed by atoms with Gasteiger partial charge in [0.15, 0.2) is 0 Å². The number of rotatable bonds is 2. The van der Waals surface area contributed by atoms with Gasteiger partial charge in [-0.1, -0.05) is 12.1 Å². The highest BCUT2D eigenvalue weighted by molar-refractivity contribution is 7.99. The van der Waals surface area contributed by atoms with Gasteiger partial charge in [-0.2, -0.15) is 0 Å². The number of carbonyl (C=O) groups is 2. The highest BCUT2D eigenvalue weighted by Gasteiger charge is 2.34. The molecule has 0 spiro atoms. The van der Waals surface area contributed by atoms with Gasteiger partial charge in [-0.05, 0) is 24.6 Å². The molecule has 0 aliphatic carbocycles. The van der Waals surface area contributed by atoms with E-state index in [0.717, 1.165) is 5.56 Å². The molecule has 1 heterocycles. The minimum Gasteiger partial charge on any atom is -0.480 e. The molecule has 2 rings (SSSR count). The molecule has 2 N–H and O–H groups in total. The maximum Gasteiger partial charge on any atom is 0.327 e. The number of nitrogens with zero attached hydrogens (tertiary/aromatic N) is 1. The first kappa shape index (κ1) is 12.8. The number of urea groups is 1. The van der Waals surface area contributed by atoms with Crippen LogP contribution in [0.25, 0.3) is 0 Å². The van der Waals surface area contributed by atoms with E-state index in [1.165, 1.54) is 16.7 Å².